The number of hydrogen-bond acceptors (Lipinski definition) is 3. The first-order chi connectivity index (χ1) is 8.06. The van der Waals surface area contributed by atoms with E-state index in [1.54, 1.807) is 23.9 Å². The highest BCUT2D eigenvalue weighted by Gasteiger charge is 2.16. The summed E-state index contributed by atoms with van der Waals surface area (Å²) in [5, 5.41) is 11.7. The molecule has 4 nitrogen and oxygen atoms in total. The predicted molar refractivity (Wildman–Crippen MR) is 68.7 cm³/mol. The van der Waals surface area contributed by atoms with Crippen LogP contribution in [0.4, 0.5) is 0 Å². The van der Waals surface area contributed by atoms with Crippen LogP contribution in [-0.2, 0) is 0 Å². The molecule has 1 unspecified atom stereocenters. The SMILES string of the molecule is CSCC(C)NC(=O)c1ccccc1C(=O)O. The van der Waals surface area contributed by atoms with Crippen LogP contribution in [0.5, 0.6) is 0 Å². The summed E-state index contributed by atoms with van der Waals surface area (Å²) in [7, 11) is 0. The second kappa shape index (κ2) is 6.30. The van der Waals surface area contributed by atoms with Gasteiger partial charge in [-0.15, -0.1) is 0 Å². The minimum atomic E-state index is -1.09. The highest BCUT2D eigenvalue weighted by atomic mass is 32.2. The van der Waals surface area contributed by atoms with Crippen molar-refractivity contribution in [1.29, 1.82) is 0 Å². The van der Waals surface area contributed by atoms with Crippen LogP contribution < -0.4 is 5.32 Å². The molecule has 1 atom stereocenters. The molecule has 0 aliphatic rings. The van der Waals surface area contributed by atoms with Gasteiger partial charge in [-0.25, -0.2) is 4.79 Å². The van der Waals surface area contributed by atoms with E-state index < -0.39 is 5.97 Å². The number of nitrogens with one attached hydrogen (secondary N) is 1. The molecule has 1 rings (SSSR count). The first kappa shape index (κ1) is 13.6. The molecule has 17 heavy (non-hydrogen) atoms. The number of hydrogen-bond donors (Lipinski definition) is 2. The Morgan fingerprint density at radius 3 is 2.47 bits per heavy atom. The summed E-state index contributed by atoms with van der Waals surface area (Å²) < 4.78 is 0. The number of aromatic carboxylic acids is 1. The smallest absolute Gasteiger partial charge is 0.336 e. The van der Waals surface area contributed by atoms with Crippen LogP contribution in [0.1, 0.15) is 27.6 Å². The van der Waals surface area contributed by atoms with Crippen molar-refractivity contribution >= 4 is 23.6 Å². The summed E-state index contributed by atoms with van der Waals surface area (Å²) in [6.45, 7) is 1.89. The summed E-state index contributed by atoms with van der Waals surface area (Å²) in [6.07, 6.45) is 1.95. The van der Waals surface area contributed by atoms with E-state index in [1.807, 2.05) is 13.2 Å². The molecule has 92 valence electrons. The fourth-order valence-corrected chi connectivity index (χ4v) is 2.04. The van der Waals surface area contributed by atoms with E-state index in [0.717, 1.165) is 5.75 Å². The largest absolute Gasteiger partial charge is 0.478 e. The molecule has 0 fully saturated rings. The quantitative estimate of drug-likeness (QED) is 0.840. The minimum absolute atomic E-state index is 0.0133. The fraction of sp³-hybridized carbons (Fsp3) is 0.333. The van der Waals surface area contributed by atoms with Gasteiger partial charge in [0.1, 0.15) is 0 Å². The van der Waals surface area contributed by atoms with E-state index in [9.17, 15) is 9.59 Å². The molecule has 0 bridgehead atoms. The van der Waals surface area contributed by atoms with Crippen LogP contribution in [0, 0.1) is 0 Å². The number of thioether (sulfide) groups is 1. The molecule has 0 radical (unpaired) electrons. The summed E-state index contributed by atoms with van der Waals surface area (Å²) in [4.78, 5) is 22.8. The first-order valence-electron chi connectivity index (χ1n) is 5.18. The topological polar surface area (TPSA) is 66.4 Å². The minimum Gasteiger partial charge on any atom is -0.478 e. The molecule has 1 aromatic rings. The molecule has 0 spiro atoms. The lowest BCUT2D eigenvalue weighted by Gasteiger charge is -2.13. The summed E-state index contributed by atoms with van der Waals surface area (Å²) in [5.74, 6) is -0.640. The molecule has 5 heteroatoms. The summed E-state index contributed by atoms with van der Waals surface area (Å²) >= 11 is 1.63. The van der Waals surface area contributed by atoms with Crippen molar-refractivity contribution in [1.82, 2.24) is 5.32 Å². The third-order valence-electron chi connectivity index (χ3n) is 2.20. The average molecular weight is 253 g/mol. The van der Waals surface area contributed by atoms with Crippen molar-refractivity contribution in [3.05, 3.63) is 35.4 Å². The Morgan fingerprint density at radius 2 is 1.94 bits per heavy atom. The van der Waals surface area contributed by atoms with E-state index >= 15 is 0 Å². The third-order valence-corrected chi connectivity index (χ3v) is 3.03. The van der Waals surface area contributed by atoms with Gasteiger partial charge < -0.3 is 10.4 Å². The second-order valence-corrected chi connectivity index (χ2v) is 4.59. The first-order valence-corrected chi connectivity index (χ1v) is 6.57. The van der Waals surface area contributed by atoms with Crippen LogP contribution in [0.15, 0.2) is 24.3 Å². The Morgan fingerprint density at radius 1 is 1.35 bits per heavy atom. The maximum absolute atomic E-state index is 11.9. The van der Waals surface area contributed by atoms with Crippen LogP contribution >= 0.6 is 11.8 Å². The third kappa shape index (κ3) is 3.78. The van der Waals surface area contributed by atoms with Gasteiger partial charge >= 0.3 is 5.97 Å². The Bertz CT molecular complexity index is 420. The van der Waals surface area contributed by atoms with Gasteiger partial charge in [0, 0.05) is 11.8 Å². The van der Waals surface area contributed by atoms with Crippen molar-refractivity contribution in [3.8, 4) is 0 Å². The van der Waals surface area contributed by atoms with Crippen molar-refractivity contribution in [2.75, 3.05) is 12.0 Å². The van der Waals surface area contributed by atoms with Gasteiger partial charge in [-0.1, -0.05) is 12.1 Å². The number of carboxylic acid groups (broad SMARTS) is 1. The Balaban J connectivity index is 2.85. The van der Waals surface area contributed by atoms with Gasteiger partial charge in [-0.2, -0.15) is 11.8 Å². The van der Waals surface area contributed by atoms with Crippen molar-refractivity contribution in [3.63, 3.8) is 0 Å². The maximum Gasteiger partial charge on any atom is 0.336 e. The summed E-state index contributed by atoms with van der Waals surface area (Å²) in [6, 6.07) is 6.21. The molecule has 0 saturated heterocycles. The Hall–Kier alpha value is -1.49. The molecule has 0 aromatic heterocycles. The van der Waals surface area contributed by atoms with Gasteiger partial charge in [-0.3, -0.25) is 4.79 Å². The highest BCUT2D eigenvalue weighted by Crippen LogP contribution is 2.09. The molecule has 0 aliphatic carbocycles. The second-order valence-electron chi connectivity index (χ2n) is 3.68. The molecular weight excluding hydrogens is 238 g/mol. The standard InChI is InChI=1S/C12H15NO3S/c1-8(7-17-2)13-11(14)9-5-3-4-6-10(9)12(15)16/h3-6,8H,7H2,1-2H3,(H,13,14)(H,15,16). The molecule has 0 heterocycles. The average Bonchev–Trinajstić information content (AvgIpc) is 2.29. The molecule has 0 aliphatic heterocycles. The van der Waals surface area contributed by atoms with E-state index in [1.165, 1.54) is 12.1 Å². The Kier molecular flexibility index (Phi) is 5.03. The zero-order valence-electron chi connectivity index (χ0n) is 9.77. The van der Waals surface area contributed by atoms with E-state index in [-0.39, 0.29) is 23.1 Å². The van der Waals surface area contributed by atoms with E-state index in [0.29, 0.717) is 0 Å². The number of carboxylic acids is 1. The van der Waals surface area contributed by atoms with E-state index in [4.69, 9.17) is 5.11 Å². The molecule has 0 saturated carbocycles. The molecular formula is C12H15NO3S. The van der Waals surface area contributed by atoms with Crippen molar-refractivity contribution in [2.24, 2.45) is 0 Å². The lowest BCUT2D eigenvalue weighted by atomic mass is 10.1. The number of carbonyl (C=O) groups excluding carboxylic acids is 1. The van der Waals surface area contributed by atoms with Gasteiger partial charge in [0.2, 0.25) is 0 Å². The van der Waals surface area contributed by atoms with Gasteiger partial charge in [-0.05, 0) is 25.3 Å². The van der Waals surface area contributed by atoms with E-state index in [2.05, 4.69) is 5.32 Å². The van der Waals surface area contributed by atoms with Crippen molar-refractivity contribution in [2.45, 2.75) is 13.0 Å². The zero-order chi connectivity index (χ0) is 12.8. The Labute approximate surface area is 104 Å². The van der Waals surface area contributed by atoms with Crippen molar-refractivity contribution < 1.29 is 14.7 Å². The van der Waals surface area contributed by atoms with Gasteiger partial charge in [0.25, 0.3) is 5.91 Å². The van der Waals surface area contributed by atoms with Crippen LogP contribution in [-0.4, -0.2) is 35.0 Å². The number of rotatable bonds is 5. The monoisotopic (exact) mass is 253 g/mol. The predicted octanol–water partition coefficient (Wildman–Crippen LogP) is 1.87. The normalized spacial score (nSPS) is 11.9. The molecule has 1 amide bonds. The van der Waals surface area contributed by atoms with Gasteiger partial charge in [0.15, 0.2) is 0 Å². The highest BCUT2D eigenvalue weighted by molar-refractivity contribution is 7.98. The number of amides is 1. The van der Waals surface area contributed by atoms with Gasteiger partial charge in [0.05, 0.1) is 11.1 Å². The lowest BCUT2D eigenvalue weighted by molar-refractivity contribution is 0.0690. The number of carbonyl (C=O) groups is 2. The number of benzene rings is 1. The molecule has 2 N–H and O–H groups in total. The maximum atomic E-state index is 11.9. The zero-order valence-corrected chi connectivity index (χ0v) is 10.6. The summed E-state index contributed by atoms with van der Waals surface area (Å²) in [5.41, 5.74) is 0.231. The molecule has 1 aromatic carbocycles. The van der Waals surface area contributed by atoms with Crippen LogP contribution in [0.25, 0.3) is 0 Å². The lowest BCUT2D eigenvalue weighted by Crippen LogP contribution is -2.35. The fourth-order valence-electron chi connectivity index (χ4n) is 1.46. The van der Waals surface area contributed by atoms with Crippen LogP contribution in [0.3, 0.4) is 0 Å². The van der Waals surface area contributed by atoms with Crippen LogP contribution in [0.2, 0.25) is 0 Å².